The molecule has 2 nitrogen and oxygen atoms in total. The standard InChI is InChI=1S/C17H27NO/c1-5-11-18-16(10-9-14(2)3)12-15-7-6-8-17(13-15)19-4/h6-8,13,16,18H,2,5,9-12H2,1,3-4H3. The topological polar surface area (TPSA) is 21.3 Å². The Hall–Kier alpha value is -1.28. The van der Waals surface area contributed by atoms with Crippen molar-refractivity contribution in [3.05, 3.63) is 42.0 Å². The lowest BCUT2D eigenvalue weighted by Gasteiger charge is -2.19. The molecule has 1 aromatic rings. The summed E-state index contributed by atoms with van der Waals surface area (Å²) in [5.41, 5.74) is 2.59. The number of rotatable bonds is 9. The van der Waals surface area contributed by atoms with Crippen molar-refractivity contribution in [2.24, 2.45) is 0 Å². The van der Waals surface area contributed by atoms with Crippen LogP contribution in [0.15, 0.2) is 36.4 Å². The van der Waals surface area contributed by atoms with Gasteiger partial charge in [0.25, 0.3) is 0 Å². The van der Waals surface area contributed by atoms with Gasteiger partial charge in [-0.05, 0) is 56.8 Å². The van der Waals surface area contributed by atoms with Gasteiger partial charge in [0, 0.05) is 6.04 Å². The largest absolute Gasteiger partial charge is 0.497 e. The molecule has 2 heteroatoms. The lowest BCUT2D eigenvalue weighted by molar-refractivity contribution is 0.413. The van der Waals surface area contributed by atoms with E-state index in [1.54, 1.807) is 7.11 Å². The van der Waals surface area contributed by atoms with Gasteiger partial charge in [-0.15, -0.1) is 6.58 Å². The lowest BCUT2D eigenvalue weighted by Crippen LogP contribution is -2.31. The summed E-state index contributed by atoms with van der Waals surface area (Å²) < 4.78 is 5.28. The zero-order chi connectivity index (χ0) is 14.1. The highest BCUT2D eigenvalue weighted by Crippen LogP contribution is 2.16. The van der Waals surface area contributed by atoms with Gasteiger partial charge in [0.15, 0.2) is 0 Å². The third-order valence-electron chi connectivity index (χ3n) is 3.22. The second-order valence-corrected chi connectivity index (χ2v) is 5.20. The molecule has 1 unspecified atom stereocenters. The molecular weight excluding hydrogens is 234 g/mol. The van der Waals surface area contributed by atoms with Crippen molar-refractivity contribution in [2.45, 2.75) is 45.6 Å². The number of hydrogen-bond donors (Lipinski definition) is 1. The molecule has 1 N–H and O–H groups in total. The van der Waals surface area contributed by atoms with Crippen LogP contribution >= 0.6 is 0 Å². The van der Waals surface area contributed by atoms with E-state index in [9.17, 15) is 0 Å². The first-order valence-corrected chi connectivity index (χ1v) is 7.16. The van der Waals surface area contributed by atoms with Gasteiger partial charge < -0.3 is 10.1 Å². The molecule has 106 valence electrons. The summed E-state index contributed by atoms with van der Waals surface area (Å²) in [6, 6.07) is 8.87. The Labute approximate surface area is 117 Å². The Bertz CT molecular complexity index is 387. The van der Waals surface area contributed by atoms with Crippen molar-refractivity contribution >= 4 is 0 Å². The van der Waals surface area contributed by atoms with Crippen molar-refractivity contribution < 1.29 is 4.74 Å². The molecular formula is C17H27NO. The van der Waals surface area contributed by atoms with Crippen LogP contribution in [0, 0.1) is 0 Å². The van der Waals surface area contributed by atoms with Gasteiger partial charge in [-0.3, -0.25) is 0 Å². The zero-order valence-corrected chi connectivity index (χ0v) is 12.5. The molecule has 0 aliphatic heterocycles. The van der Waals surface area contributed by atoms with E-state index in [0.717, 1.165) is 31.6 Å². The van der Waals surface area contributed by atoms with E-state index in [-0.39, 0.29) is 0 Å². The number of benzene rings is 1. The van der Waals surface area contributed by atoms with E-state index >= 15 is 0 Å². The number of methoxy groups -OCH3 is 1. The molecule has 1 aromatic carbocycles. The number of hydrogen-bond acceptors (Lipinski definition) is 2. The smallest absolute Gasteiger partial charge is 0.119 e. The molecule has 1 rings (SSSR count). The minimum absolute atomic E-state index is 0.517. The molecule has 19 heavy (non-hydrogen) atoms. The maximum atomic E-state index is 5.28. The van der Waals surface area contributed by atoms with Crippen LogP contribution in [0.1, 0.15) is 38.7 Å². The highest BCUT2D eigenvalue weighted by atomic mass is 16.5. The maximum absolute atomic E-state index is 5.28. The van der Waals surface area contributed by atoms with Crippen LogP contribution in [0.3, 0.4) is 0 Å². The van der Waals surface area contributed by atoms with Crippen LogP contribution < -0.4 is 10.1 Å². The molecule has 0 heterocycles. The predicted octanol–water partition coefficient (Wildman–Crippen LogP) is 3.96. The van der Waals surface area contributed by atoms with E-state index in [4.69, 9.17) is 4.74 Å². The van der Waals surface area contributed by atoms with Crippen LogP contribution in [-0.4, -0.2) is 19.7 Å². The van der Waals surface area contributed by atoms with Gasteiger partial charge in [0.05, 0.1) is 7.11 Å². The van der Waals surface area contributed by atoms with Gasteiger partial charge >= 0.3 is 0 Å². The minimum Gasteiger partial charge on any atom is -0.497 e. The molecule has 1 atom stereocenters. The van der Waals surface area contributed by atoms with E-state index in [2.05, 4.69) is 43.9 Å². The fourth-order valence-electron chi connectivity index (χ4n) is 2.13. The van der Waals surface area contributed by atoms with Crippen molar-refractivity contribution in [2.75, 3.05) is 13.7 Å². The Morgan fingerprint density at radius 1 is 1.42 bits per heavy atom. The zero-order valence-electron chi connectivity index (χ0n) is 12.5. The Kier molecular flexibility index (Phi) is 7.27. The van der Waals surface area contributed by atoms with Gasteiger partial charge in [0.1, 0.15) is 5.75 Å². The summed E-state index contributed by atoms with van der Waals surface area (Å²) in [6.45, 7) is 9.37. The third kappa shape index (κ3) is 6.44. The van der Waals surface area contributed by atoms with E-state index in [0.29, 0.717) is 6.04 Å². The van der Waals surface area contributed by atoms with Crippen molar-refractivity contribution in [3.8, 4) is 5.75 Å². The number of nitrogens with one attached hydrogen (secondary N) is 1. The van der Waals surface area contributed by atoms with E-state index in [1.807, 2.05) is 6.07 Å². The Morgan fingerprint density at radius 3 is 2.84 bits per heavy atom. The second kappa shape index (κ2) is 8.76. The Morgan fingerprint density at radius 2 is 2.21 bits per heavy atom. The highest BCUT2D eigenvalue weighted by molar-refractivity contribution is 5.29. The Balaban J connectivity index is 2.60. The average Bonchev–Trinajstić information content (AvgIpc) is 2.42. The molecule has 0 radical (unpaired) electrons. The summed E-state index contributed by atoms with van der Waals surface area (Å²) in [7, 11) is 1.72. The number of ether oxygens (including phenoxy) is 1. The molecule has 0 bridgehead atoms. The molecule has 0 aromatic heterocycles. The monoisotopic (exact) mass is 261 g/mol. The van der Waals surface area contributed by atoms with Crippen molar-refractivity contribution in [3.63, 3.8) is 0 Å². The fraction of sp³-hybridized carbons (Fsp3) is 0.529. The van der Waals surface area contributed by atoms with Crippen LogP contribution in [0.4, 0.5) is 0 Å². The third-order valence-corrected chi connectivity index (χ3v) is 3.22. The first-order chi connectivity index (χ1) is 9.15. The van der Waals surface area contributed by atoms with Crippen LogP contribution in [-0.2, 0) is 6.42 Å². The predicted molar refractivity (Wildman–Crippen MR) is 82.8 cm³/mol. The first kappa shape index (κ1) is 15.8. The normalized spacial score (nSPS) is 12.2. The van der Waals surface area contributed by atoms with E-state index in [1.165, 1.54) is 17.6 Å². The molecule has 0 saturated carbocycles. The molecule has 0 saturated heterocycles. The summed E-state index contributed by atoms with van der Waals surface area (Å²) in [6.07, 6.45) is 4.45. The van der Waals surface area contributed by atoms with Crippen LogP contribution in [0.2, 0.25) is 0 Å². The SMILES string of the molecule is C=C(C)CCC(Cc1cccc(OC)c1)NCCC. The number of allylic oxidation sites excluding steroid dienone is 1. The summed E-state index contributed by atoms with van der Waals surface area (Å²) >= 11 is 0. The molecule has 0 spiro atoms. The van der Waals surface area contributed by atoms with Gasteiger partial charge in [0.2, 0.25) is 0 Å². The lowest BCUT2D eigenvalue weighted by atomic mass is 9.99. The van der Waals surface area contributed by atoms with Crippen molar-refractivity contribution in [1.29, 1.82) is 0 Å². The highest BCUT2D eigenvalue weighted by Gasteiger charge is 2.09. The van der Waals surface area contributed by atoms with Gasteiger partial charge in [-0.1, -0.05) is 24.6 Å². The first-order valence-electron chi connectivity index (χ1n) is 7.16. The molecule has 0 amide bonds. The van der Waals surface area contributed by atoms with Gasteiger partial charge in [-0.2, -0.15) is 0 Å². The molecule has 0 aliphatic rings. The molecule has 0 aliphatic carbocycles. The maximum Gasteiger partial charge on any atom is 0.119 e. The van der Waals surface area contributed by atoms with E-state index < -0.39 is 0 Å². The minimum atomic E-state index is 0.517. The second-order valence-electron chi connectivity index (χ2n) is 5.20. The summed E-state index contributed by atoms with van der Waals surface area (Å²) in [5.74, 6) is 0.937. The van der Waals surface area contributed by atoms with Crippen LogP contribution in [0.5, 0.6) is 5.75 Å². The summed E-state index contributed by atoms with van der Waals surface area (Å²) in [5, 5.41) is 3.63. The van der Waals surface area contributed by atoms with Crippen molar-refractivity contribution in [1.82, 2.24) is 5.32 Å². The van der Waals surface area contributed by atoms with Gasteiger partial charge in [-0.25, -0.2) is 0 Å². The van der Waals surface area contributed by atoms with Crippen LogP contribution in [0.25, 0.3) is 0 Å². The molecule has 0 fully saturated rings. The quantitative estimate of drug-likeness (QED) is 0.679. The summed E-state index contributed by atoms with van der Waals surface area (Å²) in [4.78, 5) is 0. The average molecular weight is 261 g/mol. The fourth-order valence-corrected chi connectivity index (χ4v) is 2.13.